The molecule has 0 spiro atoms. The van der Waals surface area contributed by atoms with Crippen molar-refractivity contribution in [3.63, 3.8) is 0 Å². The maximum atomic E-state index is 13.9. The Bertz CT molecular complexity index is 1230. The van der Waals surface area contributed by atoms with Crippen molar-refractivity contribution in [3.8, 4) is 23.2 Å². The number of primary amides is 1. The van der Waals surface area contributed by atoms with Gasteiger partial charge in [0.2, 0.25) is 11.7 Å². The molecule has 2 aromatic heterocycles. The minimum atomic E-state index is -1.04. The van der Waals surface area contributed by atoms with Gasteiger partial charge in [-0.1, -0.05) is 24.5 Å². The zero-order valence-electron chi connectivity index (χ0n) is 18.1. The van der Waals surface area contributed by atoms with E-state index in [1.165, 1.54) is 12.1 Å². The van der Waals surface area contributed by atoms with Gasteiger partial charge < -0.3 is 21.1 Å². The van der Waals surface area contributed by atoms with Crippen molar-refractivity contribution in [2.45, 2.75) is 57.1 Å². The van der Waals surface area contributed by atoms with Gasteiger partial charge >= 0.3 is 0 Å². The third-order valence-corrected chi connectivity index (χ3v) is 5.60. The summed E-state index contributed by atoms with van der Waals surface area (Å²) in [6.45, 7) is 0.374. The summed E-state index contributed by atoms with van der Waals surface area (Å²) in [5.41, 5.74) is 11.7. The molecule has 4 rings (SSSR count). The molecule has 174 valence electrons. The van der Waals surface area contributed by atoms with E-state index in [9.17, 15) is 14.3 Å². The second kappa shape index (κ2) is 10.1. The zero-order chi connectivity index (χ0) is 22.7. The van der Waals surface area contributed by atoms with Crippen LogP contribution in [0.4, 0.5) is 10.2 Å². The molecule has 0 saturated heterocycles. The quantitative estimate of drug-likeness (QED) is 0.489. The van der Waals surface area contributed by atoms with Crippen LogP contribution in [0.1, 0.15) is 50.8 Å². The molecule has 33 heavy (non-hydrogen) atoms. The molecular weight excluding hydrogens is 447 g/mol. The SMILES string of the molecule is Cl.NC(=O)CCCn1c(-c2cccc(F)c2)nc2c(N)nc(C#CC3(O)CCCCC3)nc21. The monoisotopic (exact) mass is 472 g/mol. The van der Waals surface area contributed by atoms with Gasteiger partial charge in [-0.25, -0.2) is 19.3 Å². The number of anilines is 1. The Hall–Kier alpha value is -3.22. The van der Waals surface area contributed by atoms with Gasteiger partial charge in [0.15, 0.2) is 17.0 Å². The van der Waals surface area contributed by atoms with Crippen LogP contribution in [0.2, 0.25) is 0 Å². The van der Waals surface area contributed by atoms with Gasteiger partial charge in [-0.05, 0) is 50.2 Å². The number of rotatable bonds is 5. The molecule has 0 unspecified atom stereocenters. The van der Waals surface area contributed by atoms with Crippen LogP contribution >= 0.6 is 12.4 Å². The molecule has 1 aliphatic rings. The summed E-state index contributed by atoms with van der Waals surface area (Å²) in [4.78, 5) is 24.6. The summed E-state index contributed by atoms with van der Waals surface area (Å²) in [6, 6.07) is 6.04. The highest BCUT2D eigenvalue weighted by atomic mass is 35.5. The Morgan fingerprint density at radius 3 is 2.67 bits per heavy atom. The molecule has 1 amide bonds. The van der Waals surface area contributed by atoms with Crippen molar-refractivity contribution in [2.24, 2.45) is 5.73 Å². The zero-order valence-corrected chi connectivity index (χ0v) is 18.9. The molecular formula is C23H26ClFN6O2. The predicted octanol–water partition coefficient (Wildman–Crippen LogP) is 2.95. The average molecular weight is 473 g/mol. The third-order valence-electron chi connectivity index (χ3n) is 5.60. The Balaban J connectivity index is 0.00000306. The lowest BCUT2D eigenvalue weighted by molar-refractivity contribution is -0.118. The van der Waals surface area contributed by atoms with Gasteiger partial charge in [0, 0.05) is 18.5 Å². The number of benzene rings is 1. The molecule has 1 aliphatic carbocycles. The van der Waals surface area contributed by atoms with Crippen LogP contribution in [0.5, 0.6) is 0 Å². The van der Waals surface area contributed by atoms with E-state index in [2.05, 4.69) is 26.8 Å². The summed E-state index contributed by atoms with van der Waals surface area (Å²) >= 11 is 0. The molecule has 1 saturated carbocycles. The lowest BCUT2D eigenvalue weighted by atomic mass is 9.85. The van der Waals surface area contributed by atoms with E-state index in [-0.39, 0.29) is 30.5 Å². The van der Waals surface area contributed by atoms with E-state index in [4.69, 9.17) is 11.5 Å². The molecule has 8 nitrogen and oxygen atoms in total. The second-order valence-electron chi connectivity index (χ2n) is 8.11. The summed E-state index contributed by atoms with van der Waals surface area (Å²) < 4.78 is 15.6. The highest BCUT2D eigenvalue weighted by Gasteiger charge is 2.27. The molecule has 1 aromatic carbocycles. The molecule has 0 bridgehead atoms. The molecule has 5 N–H and O–H groups in total. The average Bonchev–Trinajstić information content (AvgIpc) is 3.12. The normalized spacial score (nSPS) is 14.8. The molecule has 0 radical (unpaired) electrons. The number of carbonyl (C=O) groups is 1. The number of nitrogens with zero attached hydrogens (tertiary/aromatic N) is 4. The van der Waals surface area contributed by atoms with Crippen LogP contribution in [-0.2, 0) is 11.3 Å². The van der Waals surface area contributed by atoms with Crippen LogP contribution in [0, 0.1) is 17.7 Å². The van der Waals surface area contributed by atoms with E-state index in [0.717, 1.165) is 19.3 Å². The Kier molecular flexibility index (Phi) is 7.51. The number of nitrogen functional groups attached to an aromatic ring is 1. The number of halogens is 2. The fourth-order valence-electron chi connectivity index (χ4n) is 3.98. The van der Waals surface area contributed by atoms with Gasteiger partial charge in [0.25, 0.3) is 0 Å². The number of aromatic nitrogens is 4. The van der Waals surface area contributed by atoms with Crippen LogP contribution in [-0.4, -0.2) is 36.1 Å². The van der Waals surface area contributed by atoms with E-state index in [1.807, 2.05) is 0 Å². The Labute approximate surface area is 197 Å². The molecule has 1 fully saturated rings. The first-order valence-electron chi connectivity index (χ1n) is 10.7. The Morgan fingerprint density at radius 1 is 1.21 bits per heavy atom. The number of carbonyl (C=O) groups excluding carboxylic acids is 1. The number of imidazole rings is 1. The Morgan fingerprint density at radius 2 is 1.97 bits per heavy atom. The number of aliphatic hydroxyl groups is 1. The smallest absolute Gasteiger partial charge is 0.217 e. The molecule has 0 aliphatic heterocycles. The maximum absolute atomic E-state index is 13.9. The topological polar surface area (TPSA) is 133 Å². The fraction of sp³-hybridized carbons (Fsp3) is 0.391. The highest BCUT2D eigenvalue weighted by Crippen LogP contribution is 2.29. The van der Waals surface area contributed by atoms with Gasteiger partial charge in [-0.15, -0.1) is 12.4 Å². The van der Waals surface area contributed by atoms with Gasteiger partial charge in [-0.2, -0.15) is 0 Å². The van der Waals surface area contributed by atoms with E-state index in [1.54, 1.807) is 16.7 Å². The summed E-state index contributed by atoms with van der Waals surface area (Å²) in [6.07, 6.45) is 4.82. The van der Waals surface area contributed by atoms with E-state index >= 15 is 0 Å². The highest BCUT2D eigenvalue weighted by molar-refractivity contribution is 5.86. The van der Waals surface area contributed by atoms with E-state index in [0.29, 0.717) is 48.4 Å². The first-order chi connectivity index (χ1) is 15.3. The lowest BCUT2D eigenvalue weighted by Gasteiger charge is -2.26. The van der Waals surface area contributed by atoms with Crippen molar-refractivity contribution in [2.75, 3.05) is 5.73 Å². The minimum Gasteiger partial charge on any atom is -0.382 e. The number of nitrogens with two attached hydrogens (primary N) is 2. The predicted molar refractivity (Wildman–Crippen MR) is 126 cm³/mol. The molecule has 0 atom stereocenters. The standard InChI is InChI=1S/C23H25FN6O2.ClH/c24-16-7-4-6-15(14-16)21-29-19-20(26)27-18(9-12-23(32)10-2-1-3-11-23)28-22(19)30(21)13-5-8-17(25)31;/h4,6-7,14,32H,1-3,5,8,10-11,13H2,(H2,25,31)(H2,26,27,28);1H. The second-order valence-corrected chi connectivity index (χ2v) is 8.11. The van der Waals surface area contributed by atoms with Gasteiger partial charge in [0.1, 0.15) is 17.2 Å². The fourth-order valence-corrected chi connectivity index (χ4v) is 3.98. The van der Waals surface area contributed by atoms with Crippen LogP contribution in [0.15, 0.2) is 24.3 Å². The first kappa shape index (κ1) is 24.4. The van der Waals surface area contributed by atoms with Crippen LogP contribution in [0.3, 0.4) is 0 Å². The largest absolute Gasteiger partial charge is 0.382 e. The van der Waals surface area contributed by atoms with Crippen molar-refractivity contribution in [3.05, 3.63) is 35.9 Å². The molecule has 3 aromatic rings. The first-order valence-corrected chi connectivity index (χ1v) is 10.7. The molecule has 10 heteroatoms. The summed E-state index contributed by atoms with van der Waals surface area (Å²) in [5, 5.41) is 10.7. The van der Waals surface area contributed by atoms with Crippen molar-refractivity contribution in [1.29, 1.82) is 0 Å². The molecule has 2 heterocycles. The lowest BCUT2D eigenvalue weighted by Crippen LogP contribution is -2.29. The van der Waals surface area contributed by atoms with Crippen molar-refractivity contribution >= 4 is 35.3 Å². The maximum Gasteiger partial charge on any atom is 0.217 e. The van der Waals surface area contributed by atoms with Crippen molar-refractivity contribution in [1.82, 2.24) is 19.5 Å². The summed E-state index contributed by atoms with van der Waals surface area (Å²) in [5.74, 6) is 5.75. The van der Waals surface area contributed by atoms with Crippen LogP contribution < -0.4 is 11.5 Å². The summed E-state index contributed by atoms with van der Waals surface area (Å²) in [7, 11) is 0. The van der Waals surface area contributed by atoms with Gasteiger partial charge in [0.05, 0.1) is 0 Å². The number of hydrogen-bond acceptors (Lipinski definition) is 6. The third kappa shape index (κ3) is 5.59. The number of amides is 1. The number of aryl methyl sites for hydroxylation is 1. The minimum absolute atomic E-state index is 0. The number of fused-ring (bicyclic) bond motifs is 1. The number of hydrogen-bond donors (Lipinski definition) is 3. The van der Waals surface area contributed by atoms with E-state index < -0.39 is 17.3 Å². The van der Waals surface area contributed by atoms with Crippen LogP contribution in [0.25, 0.3) is 22.6 Å². The van der Waals surface area contributed by atoms with Crippen molar-refractivity contribution < 1.29 is 14.3 Å². The van der Waals surface area contributed by atoms with Gasteiger partial charge in [-0.3, -0.25) is 4.79 Å².